The van der Waals surface area contributed by atoms with Gasteiger partial charge in [0.05, 0.1) is 0 Å². The van der Waals surface area contributed by atoms with E-state index in [1.807, 2.05) is 12.1 Å². The van der Waals surface area contributed by atoms with Gasteiger partial charge in [0.2, 0.25) is 0 Å². The quantitative estimate of drug-likeness (QED) is 0.748. The molecule has 78 valence electrons. The summed E-state index contributed by atoms with van der Waals surface area (Å²) in [5.74, 6) is 0.941. The zero-order valence-corrected chi connectivity index (χ0v) is 10.6. The maximum Gasteiger partial charge on any atom is 0.120 e. The molecule has 0 heterocycles. The van der Waals surface area contributed by atoms with Gasteiger partial charge in [-0.2, -0.15) is 0 Å². The van der Waals surface area contributed by atoms with Gasteiger partial charge in [0.15, 0.2) is 0 Å². The maximum absolute atomic E-state index is 5.72. The third-order valence-electron chi connectivity index (χ3n) is 1.73. The fraction of sp³-hybridized carbons (Fsp3) is 0.500. The summed E-state index contributed by atoms with van der Waals surface area (Å²) in [5, 5.41) is 1.01. The standard InChI is InChI=1S/C12H17BrO/c1-12(2,3)14-11-6-4-10(5-7-11)8-9-13/h4-7H,8-9H2,1-3H3. The Morgan fingerprint density at radius 1 is 1.14 bits per heavy atom. The van der Waals surface area contributed by atoms with E-state index in [2.05, 4.69) is 48.8 Å². The van der Waals surface area contributed by atoms with Gasteiger partial charge in [0, 0.05) is 5.33 Å². The molecule has 0 bridgehead atoms. The Bertz CT molecular complexity index is 271. The molecular formula is C12H17BrO. The number of hydrogen-bond acceptors (Lipinski definition) is 1. The fourth-order valence-electron chi connectivity index (χ4n) is 1.19. The minimum absolute atomic E-state index is 0.114. The highest BCUT2D eigenvalue weighted by Gasteiger charge is 2.10. The molecule has 0 aliphatic carbocycles. The lowest BCUT2D eigenvalue weighted by Gasteiger charge is -2.21. The second-order valence-corrected chi connectivity index (χ2v) is 5.09. The van der Waals surface area contributed by atoms with Crippen LogP contribution in [0.2, 0.25) is 0 Å². The second kappa shape index (κ2) is 4.83. The van der Waals surface area contributed by atoms with Crippen molar-refractivity contribution in [1.29, 1.82) is 0 Å². The van der Waals surface area contributed by atoms with Gasteiger partial charge in [-0.15, -0.1) is 0 Å². The van der Waals surface area contributed by atoms with Gasteiger partial charge >= 0.3 is 0 Å². The predicted molar refractivity (Wildman–Crippen MR) is 64.3 cm³/mol. The van der Waals surface area contributed by atoms with Crippen LogP contribution in [-0.4, -0.2) is 10.9 Å². The van der Waals surface area contributed by atoms with E-state index >= 15 is 0 Å². The predicted octanol–water partition coefficient (Wildman–Crippen LogP) is 3.80. The number of ether oxygens (including phenoxy) is 1. The first kappa shape index (κ1) is 11.6. The Morgan fingerprint density at radius 2 is 1.71 bits per heavy atom. The molecule has 0 aliphatic rings. The summed E-state index contributed by atoms with van der Waals surface area (Å²) in [6.45, 7) is 6.16. The molecular weight excluding hydrogens is 240 g/mol. The SMILES string of the molecule is CC(C)(C)Oc1ccc(CCBr)cc1. The van der Waals surface area contributed by atoms with Crippen molar-refractivity contribution in [3.8, 4) is 5.75 Å². The molecule has 0 N–H and O–H groups in total. The molecule has 0 atom stereocenters. The zero-order chi connectivity index (χ0) is 10.6. The average Bonchev–Trinajstić information content (AvgIpc) is 2.06. The Hall–Kier alpha value is -0.500. The topological polar surface area (TPSA) is 9.23 Å². The van der Waals surface area contributed by atoms with Crippen molar-refractivity contribution in [3.63, 3.8) is 0 Å². The Labute approximate surface area is 94.6 Å². The summed E-state index contributed by atoms with van der Waals surface area (Å²) < 4.78 is 5.72. The number of benzene rings is 1. The van der Waals surface area contributed by atoms with Crippen LogP contribution in [0.3, 0.4) is 0 Å². The Morgan fingerprint density at radius 3 is 2.14 bits per heavy atom. The van der Waals surface area contributed by atoms with Gasteiger partial charge in [-0.1, -0.05) is 28.1 Å². The van der Waals surface area contributed by atoms with Crippen LogP contribution in [0.15, 0.2) is 24.3 Å². The summed E-state index contributed by atoms with van der Waals surface area (Å²) in [7, 11) is 0. The van der Waals surface area contributed by atoms with E-state index in [1.165, 1.54) is 5.56 Å². The molecule has 0 unspecified atom stereocenters. The Kier molecular flexibility index (Phi) is 3.99. The van der Waals surface area contributed by atoms with E-state index in [0.717, 1.165) is 17.5 Å². The van der Waals surface area contributed by atoms with Crippen LogP contribution in [0, 0.1) is 0 Å². The monoisotopic (exact) mass is 256 g/mol. The summed E-state index contributed by atoms with van der Waals surface area (Å²) >= 11 is 3.42. The van der Waals surface area contributed by atoms with E-state index in [-0.39, 0.29) is 5.60 Å². The summed E-state index contributed by atoms with van der Waals surface area (Å²) in [5.41, 5.74) is 1.22. The average molecular weight is 257 g/mol. The number of alkyl halides is 1. The van der Waals surface area contributed by atoms with Gasteiger partial charge in [0.1, 0.15) is 11.4 Å². The van der Waals surface area contributed by atoms with E-state index in [4.69, 9.17) is 4.74 Å². The van der Waals surface area contributed by atoms with Gasteiger partial charge < -0.3 is 4.74 Å². The molecule has 0 amide bonds. The highest BCUT2D eigenvalue weighted by atomic mass is 79.9. The molecule has 0 radical (unpaired) electrons. The van der Waals surface area contributed by atoms with Crippen molar-refractivity contribution in [2.24, 2.45) is 0 Å². The van der Waals surface area contributed by atoms with Crippen LogP contribution in [-0.2, 0) is 6.42 Å². The molecule has 1 aromatic carbocycles. The van der Waals surface area contributed by atoms with Crippen molar-refractivity contribution in [2.75, 3.05) is 5.33 Å². The van der Waals surface area contributed by atoms with Crippen LogP contribution >= 0.6 is 15.9 Å². The molecule has 0 aromatic heterocycles. The van der Waals surface area contributed by atoms with Crippen LogP contribution in [0.1, 0.15) is 26.3 Å². The highest BCUT2D eigenvalue weighted by molar-refractivity contribution is 9.09. The van der Waals surface area contributed by atoms with E-state index in [9.17, 15) is 0 Å². The normalized spacial score (nSPS) is 11.4. The van der Waals surface area contributed by atoms with E-state index < -0.39 is 0 Å². The molecule has 2 heteroatoms. The van der Waals surface area contributed by atoms with Crippen molar-refractivity contribution in [2.45, 2.75) is 32.8 Å². The summed E-state index contributed by atoms with van der Waals surface area (Å²) in [6, 6.07) is 8.29. The first-order chi connectivity index (χ1) is 6.51. The van der Waals surface area contributed by atoms with Crippen LogP contribution in [0.25, 0.3) is 0 Å². The van der Waals surface area contributed by atoms with Gasteiger partial charge in [-0.25, -0.2) is 0 Å². The fourth-order valence-corrected chi connectivity index (χ4v) is 1.64. The number of halogens is 1. The highest BCUT2D eigenvalue weighted by Crippen LogP contribution is 2.18. The molecule has 0 spiro atoms. The van der Waals surface area contributed by atoms with Crippen LogP contribution < -0.4 is 4.74 Å². The molecule has 14 heavy (non-hydrogen) atoms. The van der Waals surface area contributed by atoms with Gasteiger partial charge in [0.25, 0.3) is 0 Å². The molecule has 1 rings (SSSR count). The molecule has 1 aromatic rings. The Balaban J connectivity index is 2.64. The molecule has 0 saturated heterocycles. The largest absolute Gasteiger partial charge is 0.488 e. The van der Waals surface area contributed by atoms with Gasteiger partial charge in [-0.3, -0.25) is 0 Å². The maximum atomic E-state index is 5.72. The van der Waals surface area contributed by atoms with Crippen molar-refractivity contribution < 1.29 is 4.74 Å². The third kappa shape index (κ3) is 4.14. The molecule has 0 saturated carbocycles. The first-order valence-corrected chi connectivity index (χ1v) is 5.97. The van der Waals surface area contributed by atoms with E-state index in [1.54, 1.807) is 0 Å². The smallest absolute Gasteiger partial charge is 0.120 e. The zero-order valence-electron chi connectivity index (χ0n) is 9.01. The van der Waals surface area contributed by atoms with Gasteiger partial charge in [-0.05, 0) is 44.9 Å². The molecule has 1 nitrogen and oxygen atoms in total. The summed E-state index contributed by atoms with van der Waals surface area (Å²) in [4.78, 5) is 0. The summed E-state index contributed by atoms with van der Waals surface area (Å²) in [6.07, 6.45) is 1.07. The minimum atomic E-state index is -0.114. The van der Waals surface area contributed by atoms with E-state index in [0.29, 0.717) is 0 Å². The number of hydrogen-bond donors (Lipinski definition) is 0. The number of aryl methyl sites for hydroxylation is 1. The first-order valence-electron chi connectivity index (χ1n) is 4.85. The number of rotatable bonds is 3. The lowest BCUT2D eigenvalue weighted by molar-refractivity contribution is 0.131. The molecule has 0 fully saturated rings. The van der Waals surface area contributed by atoms with Crippen LogP contribution in [0.5, 0.6) is 5.75 Å². The van der Waals surface area contributed by atoms with Crippen LogP contribution in [0.4, 0.5) is 0 Å². The van der Waals surface area contributed by atoms with Crippen molar-refractivity contribution in [1.82, 2.24) is 0 Å². The third-order valence-corrected chi connectivity index (χ3v) is 2.13. The molecule has 0 aliphatic heterocycles. The lowest BCUT2D eigenvalue weighted by atomic mass is 10.1. The van der Waals surface area contributed by atoms with Crippen molar-refractivity contribution in [3.05, 3.63) is 29.8 Å². The minimum Gasteiger partial charge on any atom is -0.488 e. The lowest BCUT2D eigenvalue weighted by Crippen LogP contribution is -2.22. The van der Waals surface area contributed by atoms with Crippen molar-refractivity contribution >= 4 is 15.9 Å². The second-order valence-electron chi connectivity index (χ2n) is 4.30.